The summed E-state index contributed by atoms with van der Waals surface area (Å²) in [6.07, 6.45) is 5.52. The Labute approximate surface area is 153 Å². The maximum atomic E-state index is 12.7. The third-order valence-corrected chi connectivity index (χ3v) is 5.00. The normalized spacial score (nSPS) is 14.9. The maximum Gasteiger partial charge on any atom is 0.227 e. The van der Waals surface area contributed by atoms with E-state index in [1.54, 1.807) is 0 Å². The van der Waals surface area contributed by atoms with Crippen LogP contribution in [0.15, 0.2) is 60.7 Å². The van der Waals surface area contributed by atoms with Crippen LogP contribution in [0.2, 0.25) is 0 Å². The van der Waals surface area contributed by atoms with Gasteiger partial charge in [-0.15, -0.1) is 0 Å². The summed E-state index contributed by atoms with van der Waals surface area (Å²) in [6.45, 7) is 0. The van der Waals surface area contributed by atoms with Crippen molar-refractivity contribution >= 4 is 34.0 Å². The second-order valence-electron chi connectivity index (χ2n) is 6.89. The number of para-hydroxylation sites is 2. The zero-order chi connectivity index (χ0) is 17.8. The molecule has 1 aromatic heterocycles. The molecule has 1 fully saturated rings. The Morgan fingerprint density at radius 2 is 1.65 bits per heavy atom. The number of nitrogens with one attached hydrogen (secondary N) is 2. The first kappa shape index (κ1) is 16.6. The molecule has 2 N–H and O–H groups in total. The van der Waals surface area contributed by atoms with Gasteiger partial charge in [0.1, 0.15) is 5.82 Å². The molecule has 0 spiro atoms. The average molecular weight is 345 g/mol. The number of amides is 1. The zero-order valence-corrected chi connectivity index (χ0v) is 14.7. The molecule has 1 saturated carbocycles. The fourth-order valence-corrected chi connectivity index (χ4v) is 3.61. The van der Waals surface area contributed by atoms with Gasteiger partial charge in [-0.25, -0.2) is 4.98 Å². The molecule has 4 rings (SSSR count). The van der Waals surface area contributed by atoms with Crippen LogP contribution in [0, 0.1) is 5.92 Å². The minimum Gasteiger partial charge on any atom is -0.340 e. The number of benzene rings is 2. The SMILES string of the molecule is O=C(Nc1cc(Nc2ccccc2)nc2ccccc12)C1CCCCC1. The predicted molar refractivity (Wildman–Crippen MR) is 107 cm³/mol. The smallest absolute Gasteiger partial charge is 0.227 e. The maximum absolute atomic E-state index is 12.7. The molecule has 4 nitrogen and oxygen atoms in total. The van der Waals surface area contributed by atoms with Gasteiger partial charge in [0.05, 0.1) is 11.2 Å². The topological polar surface area (TPSA) is 54.0 Å². The van der Waals surface area contributed by atoms with Crippen LogP contribution in [0.25, 0.3) is 10.9 Å². The van der Waals surface area contributed by atoms with Gasteiger partial charge in [0, 0.05) is 23.1 Å². The summed E-state index contributed by atoms with van der Waals surface area (Å²) in [6, 6.07) is 19.8. The van der Waals surface area contributed by atoms with Crippen molar-refractivity contribution in [1.82, 2.24) is 4.98 Å². The van der Waals surface area contributed by atoms with Gasteiger partial charge in [0.15, 0.2) is 0 Å². The van der Waals surface area contributed by atoms with Gasteiger partial charge in [-0.1, -0.05) is 55.7 Å². The highest BCUT2D eigenvalue weighted by Gasteiger charge is 2.21. The van der Waals surface area contributed by atoms with Crippen LogP contribution in [0.3, 0.4) is 0 Å². The lowest BCUT2D eigenvalue weighted by atomic mass is 9.88. The number of anilines is 3. The van der Waals surface area contributed by atoms with Gasteiger partial charge >= 0.3 is 0 Å². The van der Waals surface area contributed by atoms with Gasteiger partial charge in [0.25, 0.3) is 0 Å². The molecule has 1 aliphatic rings. The molecule has 26 heavy (non-hydrogen) atoms. The van der Waals surface area contributed by atoms with Crippen molar-refractivity contribution in [3.63, 3.8) is 0 Å². The van der Waals surface area contributed by atoms with Gasteiger partial charge in [0.2, 0.25) is 5.91 Å². The summed E-state index contributed by atoms with van der Waals surface area (Å²) >= 11 is 0. The Hall–Kier alpha value is -2.88. The Bertz CT molecular complexity index is 902. The van der Waals surface area contributed by atoms with E-state index in [-0.39, 0.29) is 11.8 Å². The average Bonchev–Trinajstić information content (AvgIpc) is 2.69. The van der Waals surface area contributed by atoms with Crippen molar-refractivity contribution in [3.05, 3.63) is 60.7 Å². The molecule has 1 aliphatic carbocycles. The lowest BCUT2D eigenvalue weighted by molar-refractivity contribution is -0.120. The fourth-order valence-electron chi connectivity index (χ4n) is 3.61. The molecule has 4 heteroatoms. The number of nitrogens with zero attached hydrogens (tertiary/aromatic N) is 1. The molecule has 1 amide bonds. The van der Waals surface area contributed by atoms with Crippen molar-refractivity contribution in [2.24, 2.45) is 5.92 Å². The standard InChI is InChI=1S/C22H23N3O/c26-22(16-9-3-1-4-10-16)25-20-15-21(23-17-11-5-2-6-12-17)24-19-14-8-7-13-18(19)20/h2,5-8,11-16H,1,3-4,9-10H2,(H2,23,24,25,26). The van der Waals surface area contributed by atoms with Gasteiger partial charge in [-0.2, -0.15) is 0 Å². The summed E-state index contributed by atoms with van der Waals surface area (Å²) in [7, 11) is 0. The van der Waals surface area contributed by atoms with Crippen LogP contribution >= 0.6 is 0 Å². The van der Waals surface area contributed by atoms with E-state index in [2.05, 4.69) is 15.6 Å². The Morgan fingerprint density at radius 3 is 2.46 bits per heavy atom. The highest BCUT2D eigenvalue weighted by molar-refractivity contribution is 6.02. The summed E-state index contributed by atoms with van der Waals surface area (Å²) in [5.74, 6) is 0.988. The fraction of sp³-hybridized carbons (Fsp3) is 0.273. The van der Waals surface area contributed by atoms with Crippen LogP contribution in [-0.4, -0.2) is 10.9 Å². The first-order chi connectivity index (χ1) is 12.8. The zero-order valence-electron chi connectivity index (χ0n) is 14.7. The van der Waals surface area contributed by atoms with Crippen molar-refractivity contribution in [3.8, 4) is 0 Å². The van der Waals surface area contributed by atoms with Gasteiger partial charge < -0.3 is 10.6 Å². The second kappa shape index (κ2) is 7.56. The minimum atomic E-state index is 0.126. The molecule has 0 aliphatic heterocycles. The van der Waals surface area contributed by atoms with E-state index >= 15 is 0 Å². The van der Waals surface area contributed by atoms with Crippen LogP contribution < -0.4 is 10.6 Å². The molecule has 132 valence electrons. The number of pyridine rings is 1. The molecule has 2 aromatic carbocycles. The number of aromatic nitrogens is 1. The molecule has 1 heterocycles. The summed E-state index contributed by atoms with van der Waals surface area (Å²) in [5, 5.41) is 7.46. The number of carbonyl (C=O) groups excluding carboxylic acids is 1. The van der Waals surface area contributed by atoms with Gasteiger partial charge in [-0.3, -0.25) is 4.79 Å². The summed E-state index contributed by atoms with van der Waals surface area (Å²) in [5.41, 5.74) is 2.66. The van der Waals surface area contributed by atoms with E-state index in [1.165, 1.54) is 6.42 Å². The third-order valence-electron chi connectivity index (χ3n) is 5.00. The summed E-state index contributed by atoms with van der Waals surface area (Å²) < 4.78 is 0. The van der Waals surface area contributed by atoms with Crippen molar-refractivity contribution in [2.45, 2.75) is 32.1 Å². The van der Waals surface area contributed by atoms with E-state index in [9.17, 15) is 4.79 Å². The second-order valence-corrected chi connectivity index (χ2v) is 6.89. The molecule has 0 unspecified atom stereocenters. The number of rotatable bonds is 4. The highest BCUT2D eigenvalue weighted by Crippen LogP contribution is 2.29. The number of hydrogen-bond acceptors (Lipinski definition) is 3. The Morgan fingerprint density at radius 1 is 0.923 bits per heavy atom. The van der Waals surface area contributed by atoms with Gasteiger partial charge in [-0.05, 0) is 31.0 Å². The quantitative estimate of drug-likeness (QED) is 0.657. The molecule has 0 atom stereocenters. The largest absolute Gasteiger partial charge is 0.340 e. The van der Waals surface area contributed by atoms with Crippen LogP contribution in [0.4, 0.5) is 17.2 Å². The number of hydrogen-bond donors (Lipinski definition) is 2. The number of carbonyl (C=O) groups is 1. The molecule has 0 saturated heterocycles. The van der Waals surface area contributed by atoms with E-state index in [0.717, 1.165) is 53.8 Å². The lowest BCUT2D eigenvalue weighted by Crippen LogP contribution is -2.24. The van der Waals surface area contributed by atoms with Crippen molar-refractivity contribution < 1.29 is 4.79 Å². The Kier molecular flexibility index (Phi) is 4.82. The predicted octanol–water partition coefficient (Wildman–Crippen LogP) is 5.50. The van der Waals surface area contributed by atoms with Crippen molar-refractivity contribution in [1.29, 1.82) is 0 Å². The molecular formula is C22H23N3O. The highest BCUT2D eigenvalue weighted by atomic mass is 16.1. The van der Waals surface area contributed by atoms with E-state index < -0.39 is 0 Å². The van der Waals surface area contributed by atoms with E-state index in [0.29, 0.717) is 0 Å². The molecule has 0 bridgehead atoms. The van der Waals surface area contributed by atoms with Crippen molar-refractivity contribution in [2.75, 3.05) is 10.6 Å². The van der Waals surface area contributed by atoms with Crippen LogP contribution in [-0.2, 0) is 4.79 Å². The van der Waals surface area contributed by atoms with Crippen LogP contribution in [0.1, 0.15) is 32.1 Å². The molecule has 3 aromatic rings. The first-order valence-corrected chi connectivity index (χ1v) is 9.32. The first-order valence-electron chi connectivity index (χ1n) is 9.32. The minimum absolute atomic E-state index is 0.126. The number of fused-ring (bicyclic) bond motifs is 1. The van der Waals surface area contributed by atoms with E-state index in [4.69, 9.17) is 0 Å². The molecule has 0 radical (unpaired) electrons. The molecular weight excluding hydrogens is 322 g/mol. The third kappa shape index (κ3) is 3.69. The van der Waals surface area contributed by atoms with E-state index in [1.807, 2.05) is 60.7 Å². The monoisotopic (exact) mass is 345 g/mol. The summed E-state index contributed by atoms with van der Waals surface area (Å²) in [4.78, 5) is 17.4. The Balaban J connectivity index is 1.64. The lowest BCUT2D eigenvalue weighted by Gasteiger charge is -2.21. The van der Waals surface area contributed by atoms with Crippen LogP contribution in [0.5, 0.6) is 0 Å².